The summed E-state index contributed by atoms with van der Waals surface area (Å²) in [5, 5.41) is 0.727. The van der Waals surface area contributed by atoms with E-state index in [1.54, 1.807) is 41.4 Å². The molecule has 0 spiro atoms. The van der Waals surface area contributed by atoms with Crippen molar-refractivity contribution in [1.29, 1.82) is 0 Å². The summed E-state index contributed by atoms with van der Waals surface area (Å²) in [6.45, 7) is 3.56. The van der Waals surface area contributed by atoms with Gasteiger partial charge in [-0.25, -0.2) is 9.18 Å². The predicted octanol–water partition coefficient (Wildman–Crippen LogP) is 4.15. The highest BCUT2D eigenvalue weighted by Gasteiger charge is 2.29. The van der Waals surface area contributed by atoms with Crippen molar-refractivity contribution in [3.05, 3.63) is 74.8 Å². The van der Waals surface area contributed by atoms with Crippen LogP contribution in [0.1, 0.15) is 41.7 Å². The summed E-state index contributed by atoms with van der Waals surface area (Å²) in [5.74, 6) is -1.27. The number of hydrogen-bond donors (Lipinski definition) is 0. The normalized spacial score (nSPS) is 16.0. The zero-order valence-electron chi connectivity index (χ0n) is 19.3. The number of fused-ring (bicyclic) bond motifs is 1. The maximum Gasteiger partial charge on any atom is 0.343 e. The lowest BCUT2D eigenvalue weighted by molar-refractivity contribution is -0.129. The highest BCUT2D eigenvalue weighted by molar-refractivity contribution is 6.30. The molecule has 1 amide bonds. The van der Waals surface area contributed by atoms with Crippen LogP contribution in [0.4, 0.5) is 10.1 Å². The van der Waals surface area contributed by atoms with Crippen molar-refractivity contribution < 1.29 is 18.7 Å². The first-order valence-electron chi connectivity index (χ1n) is 11.6. The van der Waals surface area contributed by atoms with Gasteiger partial charge in [0.1, 0.15) is 18.0 Å². The minimum absolute atomic E-state index is 0.00156. The molecule has 0 bridgehead atoms. The zero-order chi connectivity index (χ0) is 24.7. The minimum Gasteiger partial charge on any atom is -0.457 e. The zero-order valence-corrected chi connectivity index (χ0v) is 20.1. The number of amides is 1. The number of hydrogen-bond acceptors (Lipinski definition) is 5. The van der Waals surface area contributed by atoms with Crippen LogP contribution in [0.25, 0.3) is 10.9 Å². The Labute approximate surface area is 206 Å². The largest absolute Gasteiger partial charge is 0.457 e. The van der Waals surface area contributed by atoms with E-state index in [0.29, 0.717) is 42.4 Å². The van der Waals surface area contributed by atoms with Gasteiger partial charge in [-0.2, -0.15) is 0 Å². The van der Waals surface area contributed by atoms with E-state index in [2.05, 4.69) is 0 Å². The molecule has 0 N–H and O–H groups in total. The van der Waals surface area contributed by atoms with Crippen LogP contribution in [0, 0.1) is 5.82 Å². The summed E-state index contributed by atoms with van der Waals surface area (Å²) in [6.07, 6.45) is 3.38. The second-order valence-corrected chi connectivity index (χ2v) is 9.46. The number of carbonyl (C=O) groups excluding carboxylic acids is 2. The van der Waals surface area contributed by atoms with Crippen LogP contribution in [0.2, 0.25) is 5.02 Å². The van der Waals surface area contributed by atoms with Gasteiger partial charge in [0.05, 0.1) is 11.2 Å². The number of nitrogens with zero attached hydrogens (tertiary/aromatic N) is 3. The monoisotopic (exact) mass is 497 g/mol. The first-order chi connectivity index (χ1) is 16.8. The highest BCUT2D eigenvalue weighted by Crippen LogP contribution is 2.38. The number of pyridine rings is 1. The second-order valence-electron chi connectivity index (χ2n) is 9.03. The summed E-state index contributed by atoms with van der Waals surface area (Å²) in [7, 11) is 0. The van der Waals surface area contributed by atoms with Crippen molar-refractivity contribution in [2.75, 3.05) is 31.1 Å². The van der Waals surface area contributed by atoms with E-state index < -0.39 is 17.2 Å². The van der Waals surface area contributed by atoms with Crippen LogP contribution in [0.3, 0.4) is 0 Å². The van der Waals surface area contributed by atoms with Gasteiger partial charge in [-0.15, -0.1) is 0 Å². The van der Waals surface area contributed by atoms with Crippen LogP contribution in [-0.2, 0) is 16.1 Å². The first kappa shape index (κ1) is 23.4. The first-order valence-corrected chi connectivity index (χ1v) is 12.0. The third-order valence-corrected chi connectivity index (χ3v) is 6.86. The number of anilines is 1. The standard InChI is InChI=1S/C26H25ClFN3O4/c1-16(32)29-8-10-30(11-9-29)24-13-23-20(12-22(24)28)25(33)21(14-31(23)19-6-7-19)26(34)35-15-17-2-4-18(27)5-3-17/h2-5,12-14,19H,6-11,15H2,1H3. The molecule has 1 aliphatic carbocycles. The van der Waals surface area contributed by atoms with E-state index in [1.165, 1.54) is 13.0 Å². The van der Waals surface area contributed by atoms with E-state index in [9.17, 15) is 14.4 Å². The van der Waals surface area contributed by atoms with Gasteiger partial charge in [-0.05, 0) is 42.7 Å². The molecule has 1 aromatic heterocycles. The van der Waals surface area contributed by atoms with E-state index >= 15 is 4.39 Å². The third-order valence-electron chi connectivity index (χ3n) is 6.61. The van der Waals surface area contributed by atoms with Crippen molar-refractivity contribution in [3.63, 3.8) is 0 Å². The number of halogens is 2. The van der Waals surface area contributed by atoms with Gasteiger partial charge >= 0.3 is 5.97 Å². The fraction of sp³-hybridized carbons (Fsp3) is 0.346. The molecule has 9 heteroatoms. The molecule has 1 saturated heterocycles. The smallest absolute Gasteiger partial charge is 0.343 e. The van der Waals surface area contributed by atoms with Gasteiger partial charge in [0.15, 0.2) is 0 Å². The Morgan fingerprint density at radius 2 is 1.77 bits per heavy atom. The van der Waals surface area contributed by atoms with Crippen LogP contribution in [0.15, 0.2) is 47.4 Å². The molecule has 2 fully saturated rings. The molecule has 3 aromatic rings. The fourth-order valence-corrected chi connectivity index (χ4v) is 4.60. The summed E-state index contributed by atoms with van der Waals surface area (Å²) >= 11 is 5.89. The molecule has 1 saturated carbocycles. The lowest BCUT2D eigenvalue weighted by Crippen LogP contribution is -2.48. The molecule has 0 unspecified atom stereocenters. The Morgan fingerprint density at radius 1 is 1.09 bits per heavy atom. The Balaban J connectivity index is 1.46. The van der Waals surface area contributed by atoms with Crippen molar-refractivity contribution in [2.45, 2.75) is 32.4 Å². The maximum absolute atomic E-state index is 15.2. The highest BCUT2D eigenvalue weighted by atomic mass is 35.5. The van der Waals surface area contributed by atoms with Gasteiger partial charge in [0.25, 0.3) is 0 Å². The van der Waals surface area contributed by atoms with Crippen LogP contribution >= 0.6 is 11.6 Å². The van der Waals surface area contributed by atoms with Gasteiger partial charge < -0.3 is 19.1 Å². The Hall–Kier alpha value is -3.39. The molecule has 5 rings (SSSR count). The number of aromatic nitrogens is 1. The number of benzene rings is 2. The van der Waals surface area contributed by atoms with Gasteiger partial charge in [-0.3, -0.25) is 9.59 Å². The number of esters is 1. The molecule has 2 aromatic carbocycles. The predicted molar refractivity (Wildman–Crippen MR) is 131 cm³/mol. The van der Waals surface area contributed by atoms with Gasteiger partial charge in [0.2, 0.25) is 11.3 Å². The molecule has 2 heterocycles. The number of carbonyl (C=O) groups is 2. The summed E-state index contributed by atoms with van der Waals surface area (Å²) in [5.41, 5.74) is 1.07. The molecule has 182 valence electrons. The van der Waals surface area contributed by atoms with Crippen molar-refractivity contribution in [3.8, 4) is 0 Å². The van der Waals surface area contributed by atoms with Gasteiger partial charge in [-0.1, -0.05) is 23.7 Å². The lowest BCUT2D eigenvalue weighted by atomic mass is 10.1. The molecule has 1 aliphatic heterocycles. The fourth-order valence-electron chi connectivity index (χ4n) is 4.47. The molecule has 2 aliphatic rings. The molecular formula is C26H25ClFN3O4. The van der Waals surface area contributed by atoms with Crippen molar-refractivity contribution in [2.24, 2.45) is 0 Å². The lowest BCUT2D eigenvalue weighted by Gasteiger charge is -2.36. The van der Waals surface area contributed by atoms with E-state index in [0.717, 1.165) is 18.4 Å². The number of rotatable bonds is 5. The number of piperazine rings is 1. The quantitative estimate of drug-likeness (QED) is 0.495. The molecule has 35 heavy (non-hydrogen) atoms. The SMILES string of the molecule is CC(=O)N1CCN(c2cc3c(cc2F)c(=O)c(C(=O)OCc2ccc(Cl)cc2)cn3C2CC2)CC1. The second kappa shape index (κ2) is 9.34. The Kier molecular flexibility index (Phi) is 6.23. The van der Waals surface area contributed by atoms with Crippen LogP contribution < -0.4 is 10.3 Å². The third kappa shape index (κ3) is 4.75. The molecular weight excluding hydrogens is 473 g/mol. The average Bonchev–Trinajstić information content (AvgIpc) is 3.69. The van der Waals surface area contributed by atoms with Gasteiger partial charge in [0, 0.05) is 55.8 Å². The van der Waals surface area contributed by atoms with Crippen LogP contribution in [0.5, 0.6) is 0 Å². The van der Waals surface area contributed by atoms with E-state index in [4.69, 9.17) is 16.3 Å². The average molecular weight is 498 g/mol. The Bertz CT molecular complexity index is 1360. The minimum atomic E-state index is -0.744. The molecule has 0 radical (unpaired) electrons. The maximum atomic E-state index is 15.2. The summed E-state index contributed by atoms with van der Waals surface area (Å²) in [6, 6.07) is 9.93. The van der Waals surface area contributed by atoms with E-state index in [1.807, 2.05) is 9.47 Å². The topological polar surface area (TPSA) is 71.8 Å². The molecule has 0 atom stereocenters. The van der Waals surface area contributed by atoms with Crippen molar-refractivity contribution >= 4 is 40.1 Å². The van der Waals surface area contributed by atoms with Crippen LogP contribution in [-0.4, -0.2) is 47.5 Å². The Morgan fingerprint density at radius 3 is 2.40 bits per heavy atom. The number of ether oxygens (including phenoxy) is 1. The summed E-state index contributed by atoms with van der Waals surface area (Å²) in [4.78, 5) is 41.3. The molecule has 7 nitrogen and oxygen atoms in total. The van der Waals surface area contributed by atoms with Crippen molar-refractivity contribution in [1.82, 2.24) is 9.47 Å². The van der Waals surface area contributed by atoms with E-state index in [-0.39, 0.29) is 29.5 Å². The summed E-state index contributed by atoms with van der Waals surface area (Å²) < 4.78 is 22.5.